The van der Waals surface area contributed by atoms with Crippen molar-refractivity contribution in [2.75, 3.05) is 13.6 Å². The van der Waals surface area contributed by atoms with Crippen LogP contribution in [0, 0.1) is 0 Å². The molecule has 0 spiro atoms. The van der Waals surface area contributed by atoms with E-state index in [0.29, 0.717) is 0 Å². The van der Waals surface area contributed by atoms with E-state index in [-0.39, 0.29) is 0 Å². The third-order valence-corrected chi connectivity index (χ3v) is 1.82. The number of nitrogens with one attached hydrogen (secondary N) is 2. The Morgan fingerprint density at radius 1 is 1.18 bits per heavy atom. The van der Waals surface area contributed by atoms with Crippen molar-refractivity contribution in [3.05, 3.63) is 35.7 Å². The van der Waals surface area contributed by atoms with Crippen molar-refractivity contribution >= 4 is 0 Å². The maximum atomic E-state index is 3.88. The molecule has 0 atom stereocenters. The van der Waals surface area contributed by atoms with Crippen LogP contribution in [-0.2, 0) is 0 Å². The first-order valence-corrected chi connectivity index (χ1v) is 3.77. The van der Waals surface area contributed by atoms with Gasteiger partial charge in [0.15, 0.2) is 0 Å². The summed E-state index contributed by atoms with van der Waals surface area (Å²) in [5.41, 5.74) is 4.25. The molecule has 0 saturated heterocycles. The maximum absolute atomic E-state index is 3.88. The van der Waals surface area contributed by atoms with Crippen LogP contribution in [0.5, 0.6) is 0 Å². The molecule has 0 amide bonds. The summed E-state index contributed by atoms with van der Waals surface area (Å²) in [6, 6.07) is 0. The predicted octanol–water partition coefficient (Wildman–Crippen LogP) is 1.15. The minimum absolute atomic E-state index is 0.923. The van der Waals surface area contributed by atoms with E-state index in [1.165, 1.54) is 0 Å². The van der Waals surface area contributed by atoms with Gasteiger partial charge in [-0.05, 0) is 6.92 Å². The molecule has 0 aromatic carbocycles. The van der Waals surface area contributed by atoms with Gasteiger partial charge in [-0.15, -0.1) is 0 Å². The van der Waals surface area contributed by atoms with Crippen LogP contribution in [0.3, 0.4) is 0 Å². The molecule has 1 rings (SSSR count). The van der Waals surface area contributed by atoms with Crippen molar-refractivity contribution in [2.24, 2.45) is 0 Å². The van der Waals surface area contributed by atoms with E-state index in [9.17, 15) is 0 Å². The molecular weight excluding hydrogens is 136 g/mol. The average Bonchev–Trinajstić information content (AvgIpc) is 2.04. The Hall–Kier alpha value is -1.18. The first-order valence-electron chi connectivity index (χ1n) is 3.77. The SMILES string of the molecule is C=C1C(=C)C(NCC)=C1NC. The van der Waals surface area contributed by atoms with Gasteiger partial charge < -0.3 is 10.6 Å². The highest BCUT2D eigenvalue weighted by Gasteiger charge is 2.24. The molecule has 0 radical (unpaired) electrons. The van der Waals surface area contributed by atoms with Crippen LogP contribution >= 0.6 is 0 Å². The van der Waals surface area contributed by atoms with E-state index in [0.717, 1.165) is 29.1 Å². The molecule has 0 heterocycles. The monoisotopic (exact) mass is 150 g/mol. The lowest BCUT2D eigenvalue weighted by atomic mass is 9.89. The Balaban J connectivity index is 2.81. The summed E-state index contributed by atoms with van der Waals surface area (Å²) in [5.74, 6) is 0. The Bertz CT molecular complexity index is 236. The molecule has 11 heavy (non-hydrogen) atoms. The van der Waals surface area contributed by atoms with E-state index in [1.807, 2.05) is 7.05 Å². The zero-order valence-corrected chi connectivity index (χ0v) is 7.12. The molecule has 2 heteroatoms. The van der Waals surface area contributed by atoms with Gasteiger partial charge in [0.2, 0.25) is 0 Å². The fraction of sp³-hybridized carbons (Fsp3) is 0.333. The van der Waals surface area contributed by atoms with E-state index < -0.39 is 0 Å². The quantitative estimate of drug-likeness (QED) is 0.630. The van der Waals surface area contributed by atoms with Crippen molar-refractivity contribution in [1.29, 1.82) is 0 Å². The van der Waals surface area contributed by atoms with Gasteiger partial charge in [-0.1, -0.05) is 13.2 Å². The van der Waals surface area contributed by atoms with Gasteiger partial charge in [0, 0.05) is 24.7 Å². The van der Waals surface area contributed by atoms with Crippen molar-refractivity contribution in [3.8, 4) is 0 Å². The zero-order chi connectivity index (χ0) is 8.43. The summed E-state index contributed by atoms with van der Waals surface area (Å²) in [6.45, 7) is 10.7. The summed E-state index contributed by atoms with van der Waals surface area (Å²) < 4.78 is 0. The van der Waals surface area contributed by atoms with Crippen LogP contribution in [0.2, 0.25) is 0 Å². The largest absolute Gasteiger partial charge is 0.386 e. The smallest absolute Gasteiger partial charge is 0.0656 e. The first-order chi connectivity index (χ1) is 5.22. The van der Waals surface area contributed by atoms with Gasteiger partial charge in [0.1, 0.15) is 0 Å². The van der Waals surface area contributed by atoms with E-state index in [2.05, 4.69) is 30.7 Å². The molecule has 0 unspecified atom stereocenters. The highest BCUT2D eigenvalue weighted by molar-refractivity contribution is 5.65. The van der Waals surface area contributed by atoms with Crippen LogP contribution in [0.15, 0.2) is 35.7 Å². The van der Waals surface area contributed by atoms with Crippen LogP contribution in [-0.4, -0.2) is 13.6 Å². The second kappa shape index (κ2) is 2.82. The molecular formula is C9H14N2. The standard InChI is InChI=1S/C9H14N2/c1-5-11-9-7(3)6(2)8(9)10-4/h10-11H,2-3,5H2,1,4H3. The maximum Gasteiger partial charge on any atom is 0.0656 e. The van der Waals surface area contributed by atoms with Gasteiger partial charge in [0.05, 0.1) is 11.4 Å². The molecule has 0 bridgehead atoms. The Labute approximate surface area is 67.7 Å². The van der Waals surface area contributed by atoms with Gasteiger partial charge >= 0.3 is 0 Å². The van der Waals surface area contributed by atoms with Crippen LogP contribution in [0.25, 0.3) is 0 Å². The third kappa shape index (κ3) is 1.04. The highest BCUT2D eigenvalue weighted by atomic mass is 15.0. The third-order valence-electron chi connectivity index (χ3n) is 1.82. The van der Waals surface area contributed by atoms with Gasteiger partial charge in [-0.3, -0.25) is 0 Å². The Kier molecular flexibility index (Phi) is 2.03. The van der Waals surface area contributed by atoms with Crippen molar-refractivity contribution in [3.63, 3.8) is 0 Å². The lowest BCUT2D eigenvalue weighted by Crippen LogP contribution is -2.30. The van der Waals surface area contributed by atoms with Crippen molar-refractivity contribution in [1.82, 2.24) is 10.6 Å². The second-order valence-electron chi connectivity index (χ2n) is 2.49. The topological polar surface area (TPSA) is 24.1 Å². The number of hydrogen-bond donors (Lipinski definition) is 2. The van der Waals surface area contributed by atoms with E-state index >= 15 is 0 Å². The molecule has 0 fully saturated rings. The average molecular weight is 150 g/mol. The number of likely N-dealkylation sites (N-methyl/N-ethyl adjacent to an activating group) is 2. The minimum atomic E-state index is 0.923. The van der Waals surface area contributed by atoms with E-state index in [1.54, 1.807) is 0 Å². The number of hydrogen-bond acceptors (Lipinski definition) is 2. The van der Waals surface area contributed by atoms with Crippen molar-refractivity contribution < 1.29 is 0 Å². The molecule has 2 N–H and O–H groups in total. The first kappa shape index (κ1) is 7.92. The van der Waals surface area contributed by atoms with Gasteiger partial charge in [0.25, 0.3) is 0 Å². The fourth-order valence-electron chi connectivity index (χ4n) is 1.19. The summed E-state index contributed by atoms with van der Waals surface area (Å²) in [4.78, 5) is 0. The van der Waals surface area contributed by atoms with Crippen LogP contribution < -0.4 is 10.6 Å². The molecule has 0 aromatic rings. The van der Waals surface area contributed by atoms with Gasteiger partial charge in [-0.25, -0.2) is 0 Å². The number of allylic oxidation sites excluding steroid dienone is 2. The molecule has 0 aliphatic heterocycles. The lowest BCUT2D eigenvalue weighted by molar-refractivity contribution is 0.794. The molecule has 0 saturated carbocycles. The number of rotatable bonds is 3. The van der Waals surface area contributed by atoms with Crippen LogP contribution in [0.4, 0.5) is 0 Å². The van der Waals surface area contributed by atoms with Crippen molar-refractivity contribution in [2.45, 2.75) is 6.92 Å². The zero-order valence-electron chi connectivity index (χ0n) is 7.12. The molecule has 1 aliphatic rings. The molecule has 2 nitrogen and oxygen atoms in total. The highest BCUT2D eigenvalue weighted by Crippen LogP contribution is 2.32. The minimum Gasteiger partial charge on any atom is -0.386 e. The normalized spacial score (nSPS) is 16.5. The Morgan fingerprint density at radius 2 is 1.73 bits per heavy atom. The predicted molar refractivity (Wildman–Crippen MR) is 48.0 cm³/mol. The summed E-state index contributed by atoms with van der Waals surface area (Å²) in [7, 11) is 1.89. The van der Waals surface area contributed by atoms with Gasteiger partial charge in [-0.2, -0.15) is 0 Å². The summed E-state index contributed by atoms with van der Waals surface area (Å²) >= 11 is 0. The summed E-state index contributed by atoms with van der Waals surface area (Å²) in [6.07, 6.45) is 0. The lowest BCUT2D eigenvalue weighted by Gasteiger charge is -2.29. The van der Waals surface area contributed by atoms with Crippen LogP contribution in [0.1, 0.15) is 6.92 Å². The molecule has 0 aromatic heterocycles. The summed E-state index contributed by atoms with van der Waals surface area (Å²) in [5, 5.41) is 6.29. The molecule has 60 valence electrons. The van der Waals surface area contributed by atoms with E-state index in [4.69, 9.17) is 0 Å². The second-order valence-corrected chi connectivity index (χ2v) is 2.49. The Morgan fingerprint density at radius 3 is 2.18 bits per heavy atom. The fourth-order valence-corrected chi connectivity index (χ4v) is 1.19. The molecule has 1 aliphatic carbocycles.